The highest BCUT2D eigenvalue weighted by molar-refractivity contribution is 5.98. The van der Waals surface area contributed by atoms with E-state index in [1.54, 1.807) is 0 Å². The van der Waals surface area contributed by atoms with Gasteiger partial charge in [-0.2, -0.15) is 0 Å². The first-order valence-electron chi connectivity index (χ1n) is 3.80. The molecule has 6 heteroatoms. The van der Waals surface area contributed by atoms with Gasteiger partial charge in [-0.25, -0.2) is 0 Å². The number of carbonyl (C=O) groups is 2. The van der Waals surface area contributed by atoms with E-state index < -0.39 is 11.9 Å². The van der Waals surface area contributed by atoms with Crippen molar-refractivity contribution in [2.24, 2.45) is 5.73 Å². The van der Waals surface area contributed by atoms with Crippen molar-refractivity contribution in [3.8, 4) is 0 Å². The second kappa shape index (κ2) is 4.22. The summed E-state index contributed by atoms with van der Waals surface area (Å²) in [6.07, 6.45) is 2.73. The average molecular weight is 195 g/mol. The molecule has 1 heterocycles. The van der Waals surface area contributed by atoms with Crippen LogP contribution in [0.5, 0.6) is 0 Å². The van der Waals surface area contributed by atoms with Crippen LogP contribution in [-0.2, 0) is 4.79 Å². The lowest BCUT2D eigenvalue weighted by molar-refractivity contribution is -0.134. The minimum atomic E-state index is -1.02. The lowest BCUT2D eigenvalue weighted by Gasteiger charge is -2.06. The van der Waals surface area contributed by atoms with Crippen LogP contribution < -0.4 is 11.1 Å². The summed E-state index contributed by atoms with van der Waals surface area (Å²) in [6.45, 7) is -0.274. The Hall–Kier alpha value is -2.11. The first-order chi connectivity index (χ1) is 6.61. The average Bonchev–Trinajstić information content (AvgIpc) is 2.15. The number of amides is 1. The summed E-state index contributed by atoms with van der Waals surface area (Å²) in [5.41, 5.74) is 5.60. The van der Waals surface area contributed by atoms with E-state index in [1.165, 1.54) is 18.5 Å². The summed E-state index contributed by atoms with van der Waals surface area (Å²) < 4.78 is 0. The number of primary amides is 1. The number of carboxylic acid groups (broad SMARTS) is 1. The molecule has 0 bridgehead atoms. The number of carbonyl (C=O) groups excluding carboxylic acids is 1. The normalized spacial score (nSPS) is 9.43. The maximum absolute atomic E-state index is 10.9. The zero-order valence-electron chi connectivity index (χ0n) is 7.23. The summed E-state index contributed by atoms with van der Waals surface area (Å²) in [4.78, 5) is 24.8. The molecular weight excluding hydrogens is 186 g/mol. The molecule has 4 N–H and O–H groups in total. The maximum atomic E-state index is 10.9. The summed E-state index contributed by atoms with van der Waals surface area (Å²) >= 11 is 0. The van der Waals surface area contributed by atoms with Crippen molar-refractivity contribution in [2.75, 3.05) is 11.9 Å². The fourth-order valence-electron chi connectivity index (χ4n) is 0.916. The molecule has 74 valence electrons. The Labute approximate surface area is 79.8 Å². The molecule has 0 saturated carbocycles. The van der Waals surface area contributed by atoms with Gasteiger partial charge in [0.2, 0.25) is 0 Å². The van der Waals surface area contributed by atoms with Crippen molar-refractivity contribution in [3.05, 3.63) is 24.0 Å². The molecular formula is C8H9N3O3. The summed E-state index contributed by atoms with van der Waals surface area (Å²) in [5.74, 6) is -1.66. The molecule has 0 saturated heterocycles. The van der Waals surface area contributed by atoms with Gasteiger partial charge in [0.25, 0.3) is 5.91 Å². The van der Waals surface area contributed by atoms with Crippen LogP contribution in [0.1, 0.15) is 10.4 Å². The molecule has 1 aromatic heterocycles. The zero-order chi connectivity index (χ0) is 10.6. The van der Waals surface area contributed by atoms with Crippen molar-refractivity contribution in [1.82, 2.24) is 4.98 Å². The monoisotopic (exact) mass is 195 g/mol. The van der Waals surface area contributed by atoms with Gasteiger partial charge in [0, 0.05) is 12.4 Å². The molecule has 0 aliphatic rings. The van der Waals surface area contributed by atoms with Crippen molar-refractivity contribution in [1.29, 1.82) is 0 Å². The van der Waals surface area contributed by atoms with Crippen LogP contribution in [0, 0.1) is 0 Å². The van der Waals surface area contributed by atoms with Crippen molar-refractivity contribution in [2.45, 2.75) is 0 Å². The number of hydrogen-bond acceptors (Lipinski definition) is 4. The van der Waals surface area contributed by atoms with Crippen LogP contribution in [0.25, 0.3) is 0 Å². The second-order valence-electron chi connectivity index (χ2n) is 2.53. The molecule has 0 aromatic carbocycles. The topological polar surface area (TPSA) is 105 Å². The molecule has 0 unspecified atom stereocenters. The van der Waals surface area contributed by atoms with Crippen LogP contribution in [0.15, 0.2) is 18.5 Å². The smallest absolute Gasteiger partial charge is 0.322 e. The van der Waals surface area contributed by atoms with Gasteiger partial charge in [0.15, 0.2) is 0 Å². The minimum absolute atomic E-state index is 0.175. The number of carboxylic acids is 1. The fourth-order valence-corrected chi connectivity index (χ4v) is 0.916. The summed E-state index contributed by atoms with van der Waals surface area (Å²) in [7, 11) is 0. The zero-order valence-corrected chi connectivity index (χ0v) is 7.23. The Balaban J connectivity index is 2.84. The van der Waals surface area contributed by atoms with Gasteiger partial charge < -0.3 is 16.2 Å². The summed E-state index contributed by atoms with van der Waals surface area (Å²) in [6, 6.07) is 1.49. The minimum Gasteiger partial charge on any atom is -0.480 e. The highest BCUT2D eigenvalue weighted by Gasteiger charge is 2.07. The van der Waals surface area contributed by atoms with Gasteiger partial charge in [0.05, 0.1) is 11.3 Å². The van der Waals surface area contributed by atoms with E-state index in [4.69, 9.17) is 10.8 Å². The Morgan fingerprint density at radius 1 is 1.57 bits per heavy atom. The second-order valence-corrected chi connectivity index (χ2v) is 2.53. The number of aliphatic carboxylic acids is 1. The molecule has 0 atom stereocenters. The lowest BCUT2D eigenvalue weighted by Crippen LogP contribution is -2.18. The van der Waals surface area contributed by atoms with E-state index in [-0.39, 0.29) is 12.1 Å². The van der Waals surface area contributed by atoms with E-state index >= 15 is 0 Å². The predicted molar refractivity (Wildman–Crippen MR) is 48.9 cm³/mol. The third-order valence-electron chi connectivity index (χ3n) is 1.52. The number of pyridine rings is 1. The Bertz CT molecular complexity index is 365. The van der Waals surface area contributed by atoms with Crippen LogP contribution >= 0.6 is 0 Å². The van der Waals surface area contributed by atoms with Gasteiger partial charge in [-0.1, -0.05) is 0 Å². The van der Waals surface area contributed by atoms with Gasteiger partial charge in [-0.3, -0.25) is 14.6 Å². The number of aromatic nitrogens is 1. The molecule has 0 spiro atoms. The van der Waals surface area contributed by atoms with Gasteiger partial charge >= 0.3 is 5.97 Å². The molecule has 1 aromatic rings. The van der Waals surface area contributed by atoms with Crippen LogP contribution in [0.4, 0.5) is 5.69 Å². The lowest BCUT2D eigenvalue weighted by atomic mass is 10.2. The largest absolute Gasteiger partial charge is 0.480 e. The Morgan fingerprint density at radius 2 is 2.29 bits per heavy atom. The number of nitrogens with two attached hydrogens (primary N) is 1. The number of nitrogens with one attached hydrogen (secondary N) is 1. The van der Waals surface area contributed by atoms with Gasteiger partial charge in [-0.15, -0.1) is 0 Å². The first-order valence-corrected chi connectivity index (χ1v) is 3.80. The molecule has 0 radical (unpaired) electrons. The van der Waals surface area contributed by atoms with Gasteiger partial charge in [0.1, 0.15) is 6.54 Å². The SMILES string of the molecule is NC(=O)c1cnccc1NCC(=O)O. The fraction of sp³-hybridized carbons (Fsp3) is 0.125. The number of hydrogen-bond donors (Lipinski definition) is 3. The third-order valence-corrected chi connectivity index (χ3v) is 1.52. The van der Waals surface area contributed by atoms with E-state index in [0.29, 0.717) is 5.69 Å². The Kier molecular flexibility index (Phi) is 3.01. The van der Waals surface area contributed by atoms with Crippen molar-refractivity contribution in [3.63, 3.8) is 0 Å². The predicted octanol–water partition coefficient (Wildman–Crippen LogP) is -0.323. The van der Waals surface area contributed by atoms with Crippen molar-refractivity contribution >= 4 is 17.6 Å². The molecule has 1 rings (SSSR count). The molecule has 0 aliphatic carbocycles. The maximum Gasteiger partial charge on any atom is 0.322 e. The quantitative estimate of drug-likeness (QED) is 0.610. The number of rotatable bonds is 4. The van der Waals surface area contributed by atoms with E-state index in [2.05, 4.69) is 10.3 Å². The van der Waals surface area contributed by atoms with Crippen LogP contribution in [0.3, 0.4) is 0 Å². The highest BCUT2D eigenvalue weighted by atomic mass is 16.4. The number of nitrogens with zero attached hydrogens (tertiary/aromatic N) is 1. The van der Waals surface area contributed by atoms with E-state index in [1.807, 2.05) is 0 Å². The van der Waals surface area contributed by atoms with Crippen molar-refractivity contribution < 1.29 is 14.7 Å². The molecule has 1 amide bonds. The third kappa shape index (κ3) is 2.44. The number of anilines is 1. The molecule has 14 heavy (non-hydrogen) atoms. The molecule has 0 aliphatic heterocycles. The first kappa shape index (κ1) is 9.97. The molecule has 0 fully saturated rings. The van der Waals surface area contributed by atoms with Crippen LogP contribution in [-0.4, -0.2) is 28.5 Å². The Morgan fingerprint density at radius 3 is 2.86 bits per heavy atom. The molecule has 6 nitrogen and oxygen atoms in total. The van der Waals surface area contributed by atoms with Crippen LogP contribution in [0.2, 0.25) is 0 Å². The summed E-state index contributed by atoms with van der Waals surface area (Å²) in [5, 5.41) is 11.0. The van der Waals surface area contributed by atoms with E-state index in [9.17, 15) is 9.59 Å². The highest BCUT2D eigenvalue weighted by Crippen LogP contribution is 2.11. The van der Waals surface area contributed by atoms with Gasteiger partial charge in [-0.05, 0) is 6.07 Å². The standard InChI is InChI=1S/C8H9N3O3/c9-8(14)5-3-10-2-1-6(5)11-4-7(12)13/h1-3H,4H2,(H2,9,14)(H,10,11)(H,12,13). The van der Waals surface area contributed by atoms with E-state index in [0.717, 1.165) is 0 Å².